The normalized spacial score (nSPS) is 12.4. The van der Waals surface area contributed by atoms with Crippen molar-refractivity contribution in [2.45, 2.75) is 341 Å². The van der Waals surface area contributed by atoms with Crippen LogP contribution in [0.1, 0.15) is 335 Å². The van der Waals surface area contributed by atoms with Crippen LogP contribution in [-0.2, 0) is 19.1 Å². The lowest BCUT2D eigenvalue weighted by atomic mass is 10.0. The van der Waals surface area contributed by atoms with Gasteiger partial charge in [-0.15, -0.1) is 0 Å². The van der Waals surface area contributed by atoms with Crippen LogP contribution in [0.2, 0.25) is 0 Å². The van der Waals surface area contributed by atoms with E-state index in [0.29, 0.717) is 12.8 Å². The summed E-state index contributed by atoms with van der Waals surface area (Å²) >= 11 is 0. The summed E-state index contributed by atoms with van der Waals surface area (Å²) in [6, 6.07) is 0. The molecule has 0 heterocycles. The zero-order chi connectivity index (χ0) is 50.6. The topological polar surface area (TPSA) is 72.8 Å². The molecule has 0 rings (SSSR count). The highest BCUT2D eigenvalue weighted by Gasteiger charge is 2.16. The number of unbranched alkanes of at least 4 members (excludes halogenated alkanes) is 42. The zero-order valence-electron chi connectivity index (χ0n) is 47.0. The Labute approximate surface area is 437 Å². The molecule has 0 spiro atoms. The first-order chi connectivity index (χ1) is 34.6. The van der Waals surface area contributed by atoms with Gasteiger partial charge in [0.15, 0.2) is 6.10 Å². The fourth-order valence-electron chi connectivity index (χ4n) is 9.49. The Balaban J connectivity index is 3.38. The van der Waals surface area contributed by atoms with Gasteiger partial charge < -0.3 is 14.6 Å². The van der Waals surface area contributed by atoms with Gasteiger partial charge in [-0.2, -0.15) is 0 Å². The number of ether oxygens (including phenoxy) is 2. The predicted molar refractivity (Wildman–Crippen MR) is 307 cm³/mol. The zero-order valence-corrected chi connectivity index (χ0v) is 47.0. The first-order valence-corrected chi connectivity index (χ1v) is 31.2. The monoisotopic (exact) mass is 981 g/mol. The maximum absolute atomic E-state index is 12.3. The van der Waals surface area contributed by atoms with Gasteiger partial charge in [0, 0.05) is 12.8 Å². The summed E-state index contributed by atoms with van der Waals surface area (Å²) in [5.41, 5.74) is 0. The van der Waals surface area contributed by atoms with Crippen molar-refractivity contribution in [3.8, 4) is 0 Å². The highest BCUT2D eigenvalue weighted by Crippen LogP contribution is 2.18. The first kappa shape index (κ1) is 67.9. The van der Waals surface area contributed by atoms with Crippen LogP contribution in [0.25, 0.3) is 0 Å². The Bertz CT molecular complexity index is 1150. The van der Waals surface area contributed by atoms with Crippen molar-refractivity contribution in [2.24, 2.45) is 0 Å². The molecule has 0 saturated heterocycles. The van der Waals surface area contributed by atoms with Gasteiger partial charge in [-0.05, 0) is 51.4 Å². The molecule has 0 bridgehead atoms. The molecule has 1 atom stereocenters. The van der Waals surface area contributed by atoms with Crippen molar-refractivity contribution in [3.63, 3.8) is 0 Å². The predicted octanol–water partition coefficient (Wildman–Crippen LogP) is 21.2. The van der Waals surface area contributed by atoms with Crippen molar-refractivity contribution in [1.82, 2.24) is 0 Å². The van der Waals surface area contributed by atoms with Gasteiger partial charge in [0.05, 0.1) is 6.61 Å². The second-order valence-electron chi connectivity index (χ2n) is 21.1. The minimum absolute atomic E-state index is 0.0588. The summed E-state index contributed by atoms with van der Waals surface area (Å²) in [5.74, 6) is -0.568. The Morgan fingerprint density at radius 3 is 0.929 bits per heavy atom. The maximum Gasteiger partial charge on any atom is 0.306 e. The van der Waals surface area contributed by atoms with Crippen molar-refractivity contribution >= 4 is 11.9 Å². The minimum Gasteiger partial charge on any atom is -0.462 e. The summed E-state index contributed by atoms with van der Waals surface area (Å²) in [6.45, 7) is 4.08. The highest BCUT2D eigenvalue weighted by atomic mass is 16.6. The summed E-state index contributed by atoms with van der Waals surface area (Å²) in [7, 11) is 0. The van der Waals surface area contributed by atoms with E-state index in [1.54, 1.807) is 0 Å². The van der Waals surface area contributed by atoms with Crippen LogP contribution >= 0.6 is 0 Å². The number of allylic oxidation sites excluding steroid dienone is 8. The number of carbonyl (C=O) groups excluding carboxylic acids is 2. The fraction of sp³-hybridized carbons (Fsp3) is 0.846. The second kappa shape index (κ2) is 61.2. The fourth-order valence-corrected chi connectivity index (χ4v) is 9.49. The van der Waals surface area contributed by atoms with Gasteiger partial charge >= 0.3 is 11.9 Å². The number of aliphatic hydroxyl groups is 1. The van der Waals surface area contributed by atoms with Gasteiger partial charge in [-0.1, -0.05) is 319 Å². The quantitative estimate of drug-likeness (QED) is 0.0373. The van der Waals surface area contributed by atoms with Crippen LogP contribution < -0.4 is 0 Å². The van der Waals surface area contributed by atoms with E-state index in [1.165, 1.54) is 250 Å². The molecule has 0 radical (unpaired) electrons. The molecule has 0 aliphatic carbocycles. The molecule has 410 valence electrons. The average Bonchev–Trinajstić information content (AvgIpc) is 3.36. The number of aliphatic hydroxyl groups excluding tert-OH is 1. The van der Waals surface area contributed by atoms with E-state index in [9.17, 15) is 14.7 Å². The van der Waals surface area contributed by atoms with Crippen LogP contribution in [0, 0.1) is 0 Å². The molecule has 0 saturated carbocycles. The molecule has 0 aliphatic rings. The smallest absolute Gasteiger partial charge is 0.306 e. The molecular weight excluding hydrogens is 861 g/mol. The van der Waals surface area contributed by atoms with Crippen LogP contribution in [0.15, 0.2) is 48.6 Å². The molecular formula is C65H120O5. The van der Waals surface area contributed by atoms with Crippen molar-refractivity contribution < 1.29 is 24.2 Å². The number of hydrogen-bond acceptors (Lipinski definition) is 5. The van der Waals surface area contributed by atoms with Crippen molar-refractivity contribution in [2.75, 3.05) is 13.2 Å². The van der Waals surface area contributed by atoms with Crippen molar-refractivity contribution in [3.05, 3.63) is 48.6 Å². The van der Waals surface area contributed by atoms with E-state index in [2.05, 4.69) is 62.5 Å². The highest BCUT2D eigenvalue weighted by molar-refractivity contribution is 5.70. The minimum atomic E-state index is -0.768. The molecule has 70 heavy (non-hydrogen) atoms. The van der Waals surface area contributed by atoms with E-state index in [-0.39, 0.29) is 25.2 Å². The molecule has 0 aliphatic heterocycles. The molecule has 0 aromatic carbocycles. The third kappa shape index (κ3) is 58.4. The summed E-state index contributed by atoms with van der Waals surface area (Å²) in [6.07, 6.45) is 81.2. The molecule has 1 unspecified atom stereocenters. The molecule has 5 heteroatoms. The molecule has 1 N–H and O–H groups in total. The van der Waals surface area contributed by atoms with Crippen LogP contribution in [0.4, 0.5) is 0 Å². The SMILES string of the molecule is CC/C=C\C/C=C\C/C=C\C/C=C\CCCCCCCCCCCCCCCCCCCCCCCCCCC(=O)OC(CO)COC(=O)CCCCCCCCCCCCCCCCCCCCC. The average molecular weight is 982 g/mol. The first-order valence-electron chi connectivity index (χ1n) is 31.2. The van der Waals surface area contributed by atoms with Crippen LogP contribution in [-0.4, -0.2) is 36.4 Å². The number of carbonyl (C=O) groups is 2. The number of hydrogen-bond donors (Lipinski definition) is 1. The van der Waals surface area contributed by atoms with Crippen LogP contribution in [0.3, 0.4) is 0 Å². The van der Waals surface area contributed by atoms with Crippen molar-refractivity contribution in [1.29, 1.82) is 0 Å². The van der Waals surface area contributed by atoms with E-state index < -0.39 is 6.10 Å². The lowest BCUT2D eigenvalue weighted by Gasteiger charge is -2.15. The molecule has 0 amide bonds. The Kier molecular flexibility index (Phi) is 59.3. The summed E-state index contributed by atoms with van der Waals surface area (Å²) in [5, 5.41) is 9.66. The third-order valence-corrected chi connectivity index (χ3v) is 14.1. The van der Waals surface area contributed by atoms with Gasteiger partial charge in [-0.25, -0.2) is 0 Å². The second-order valence-corrected chi connectivity index (χ2v) is 21.1. The molecule has 0 aromatic rings. The summed E-state index contributed by atoms with van der Waals surface area (Å²) in [4.78, 5) is 24.5. The number of rotatable bonds is 58. The third-order valence-electron chi connectivity index (χ3n) is 14.1. The van der Waals surface area contributed by atoms with Gasteiger partial charge in [0.1, 0.15) is 6.61 Å². The standard InChI is InChI=1S/C65H120O5/c1-3-5-7-9-11-13-15-17-19-21-23-24-25-26-27-28-29-30-31-32-33-34-35-36-37-38-39-40-42-44-46-48-50-52-54-56-58-60-65(68)70-63(61-66)62-69-64(67)59-57-55-53-51-49-47-45-43-41-22-20-18-16-14-12-10-8-6-4-2/h5,7,11,13,17,19,23-24,63,66H,3-4,6,8-10,12,14-16,18,20-22,25-62H2,1-2H3/b7-5-,13-11-,19-17-,24-23-. The van der Waals surface area contributed by atoms with Gasteiger partial charge in [0.25, 0.3) is 0 Å². The summed E-state index contributed by atoms with van der Waals surface area (Å²) < 4.78 is 10.7. The van der Waals surface area contributed by atoms with E-state index in [1.807, 2.05) is 0 Å². The lowest BCUT2D eigenvalue weighted by molar-refractivity contribution is -0.161. The lowest BCUT2D eigenvalue weighted by Crippen LogP contribution is -2.28. The van der Waals surface area contributed by atoms with Gasteiger partial charge in [-0.3, -0.25) is 9.59 Å². The maximum atomic E-state index is 12.3. The Morgan fingerprint density at radius 2 is 0.614 bits per heavy atom. The van der Waals surface area contributed by atoms with Gasteiger partial charge in [0.2, 0.25) is 0 Å². The number of esters is 2. The Morgan fingerprint density at radius 1 is 0.343 bits per heavy atom. The van der Waals surface area contributed by atoms with E-state index in [4.69, 9.17) is 9.47 Å². The Hall–Kier alpha value is -2.14. The van der Waals surface area contributed by atoms with E-state index in [0.717, 1.165) is 57.8 Å². The van der Waals surface area contributed by atoms with E-state index >= 15 is 0 Å². The molecule has 5 nitrogen and oxygen atoms in total. The molecule has 0 aromatic heterocycles. The van der Waals surface area contributed by atoms with Crippen LogP contribution in [0.5, 0.6) is 0 Å². The largest absolute Gasteiger partial charge is 0.462 e. The molecule has 0 fully saturated rings.